The Balaban J connectivity index is 2.80. The Hall–Kier alpha value is -1.55. The van der Waals surface area contributed by atoms with Gasteiger partial charge in [0.2, 0.25) is 0 Å². The van der Waals surface area contributed by atoms with E-state index in [-0.39, 0.29) is 6.03 Å². The SMILES string of the molecule is Cc1cc(C)c(C)c(CCNC(=O)NN)c1C. The number of hydrogen-bond donors (Lipinski definition) is 3. The minimum absolute atomic E-state index is 0.343. The molecule has 0 bridgehead atoms. The van der Waals surface area contributed by atoms with Crippen LogP contribution in [0.5, 0.6) is 0 Å². The minimum atomic E-state index is -0.343. The Morgan fingerprint density at radius 1 is 1.18 bits per heavy atom. The number of amides is 2. The molecule has 0 aromatic heterocycles. The van der Waals surface area contributed by atoms with Crippen LogP contribution in [0.1, 0.15) is 27.8 Å². The van der Waals surface area contributed by atoms with Crippen molar-refractivity contribution < 1.29 is 4.79 Å². The van der Waals surface area contributed by atoms with Crippen molar-refractivity contribution in [3.05, 3.63) is 33.9 Å². The molecule has 4 heteroatoms. The molecule has 0 unspecified atom stereocenters. The molecular formula is C13H21N3O. The van der Waals surface area contributed by atoms with Gasteiger partial charge in [-0.1, -0.05) is 6.07 Å². The molecule has 17 heavy (non-hydrogen) atoms. The largest absolute Gasteiger partial charge is 0.337 e. The van der Waals surface area contributed by atoms with Gasteiger partial charge >= 0.3 is 6.03 Å². The molecule has 1 rings (SSSR count). The van der Waals surface area contributed by atoms with E-state index in [1.54, 1.807) is 0 Å². The van der Waals surface area contributed by atoms with Crippen molar-refractivity contribution in [3.63, 3.8) is 0 Å². The van der Waals surface area contributed by atoms with Crippen LogP contribution >= 0.6 is 0 Å². The number of benzene rings is 1. The van der Waals surface area contributed by atoms with Gasteiger partial charge < -0.3 is 5.32 Å². The summed E-state index contributed by atoms with van der Waals surface area (Å²) in [7, 11) is 0. The Labute approximate surface area is 103 Å². The molecule has 0 atom stereocenters. The van der Waals surface area contributed by atoms with Crippen molar-refractivity contribution in [2.24, 2.45) is 5.84 Å². The van der Waals surface area contributed by atoms with Crippen LogP contribution in [0.15, 0.2) is 6.07 Å². The summed E-state index contributed by atoms with van der Waals surface area (Å²) in [6.07, 6.45) is 0.827. The van der Waals surface area contributed by atoms with Crippen molar-refractivity contribution in [1.82, 2.24) is 10.7 Å². The van der Waals surface area contributed by atoms with Gasteiger partial charge in [0.05, 0.1) is 0 Å². The van der Waals surface area contributed by atoms with Gasteiger partial charge in [-0.15, -0.1) is 0 Å². The molecule has 0 fully saturated rings. The van der Waals surface area contributed by atoms with Gasteiger partial charge in [0.15, 0.2) is 0 Å². The molecule has 94 valence electrons. The van der Waals surface area contributed by atoms with E-state index in [4.69, 9.17) is 5.84 Å². The molecule has 0 saturated carbocycles. The highest BCUT2D eigenvalue weighted by Crippen LogP contribution is 2.21. The summed E-state index contributed by atoms with van der Waals surface area (Å²) in [6, 6.07) is 1.86. The van der Waals surface area contributed by atoms with Gasteiger partial charge in [0.25, 0.3) is 0 Å². The van der Waals surface area contributed by atoms with E-state index >= 15 is 0 Å². The molecule has 1 aromatic carbocycles. The van der Waals surface area contributed by atoms with E-state index in [1.807, 2.05) is 0 Å². The summed E-state index contributed by atoms with van der Waals surface area (Å²) in [5.41, 5.74) is 8.58. The minimum Gasteiger partial charge on any atom is -0.337 e. The third-order valence-electron chi connectivity index (χ3n) is 3.31. The number of carbonyl (C=O) groups excluding carboxylic acids is 1. The number of rotatable bonds is 3. The predicted molar refractivity (Wildman–Crippen MR) is 69.8 cm³/mol. The topological polar surface area (TPSA) is 67.2 Å². The molecule has 0 aliphatic carbocycles. The average Bonchev–Trinajstić information content (AvgIpc) is 2.30. The Kier molecular flexibility index (Phi) is 4.52. The first-order chi connectivity index (χ1) is 7.97. The van der Waals surface area contributed by atoms with Crippen molar-refractivity contribution in [2.75, 3.05) is 6.54 Å². The second-order valence-electron chi connectivity index (χ2n) is 4.39. The fourth-order valence-corrected chi connectivity index (χ4v) is 2.03. The van der Waals surface area contributed by atoms with Gasteiger partial charge in [-0.2, -0.15) is 0 Å². The lowest BCUT2D eigenvalue weighted by atomic mass is 9.92. The molecule has 0 aliphatic rings. The summed E-state index contributed by atoms with van der Waals surface area (Å²) in [5, 5.41) is 2.70. The number of hydrazine groups is 1. The number of urea groups is 1. The zero-order chi connectivity index (χ0) is 13.0. The summed E-state index contributed by atoms with van der Waals surface area (Å²) in [6.45, 7) is 9.07. The van der Waals surface area contributed by atoms with Crippen LogP contribution < -0.4 is 16.6 Å². The summed E-state index contributed by atoms with van der Waals surface area (Å²) in [4.78, 5) is 11.0. The number of aryl methyl sites for hydroxylation is 2. The van der Waals surface area contributed by atoms with Crippen LogP contribution in [0.3, 0.4) is 0 Å². The first-order valence-electron chi connectivity index (χ1n) is 5.78. The summed E-state index contributed by atoms with van der Waals surface area (Å²) in [5.74, 6) is 5.00. The van der Waals surface area contributed by atoms with E-state index in [2.05, 4.69) is 44.5 Å². The lowest BCUT2D eigenvalue weighted by Gasteiger charge is -2.15. The quantitative estimate of drug-likeness (QED) is 0.423. The molecular weight excluding hydrogens is 214 g/mol. The van der Waals surface area contributed by atoms with E-state index in [9.17, 15) is 4.79 Å². The highest BCUT2D eigenvalue weighted by molar-refractivity contribution is 5.73. The summed E-state index contributed by atoms with van der Waals surface area (Å²) < 4.78 is 0. The van der Waals surface area contributed by atoms with Crippen LogP contribution in [0.25, 0.3) is 0 Å². The van der Waals surface area contributed by atoms with E-state index in [0.29, 0.717) is 6.54 Å². The molecule has 4 N–H and O–H groups in total. The molecule has 0 saturated heterocycles. The third-order valence-corrected chi connectivity index (χ3v) is 3.31. The van der Waals surface area contributed by atoms with Crippen LogP contribution in [-0.2, 0) is 6.42 Å². The van der Waals surface area contributed by atoms with Gasteiger partial charge in [-0.05, 0) is 61.9 Å². The van der Waals surface area contributed by atoms with Gasteiger partial charge in [-0.3, -0.25) is 5.43 Å². The van der Waals surface area contributed by atoms with E-state index in [1.165, 1.54) is 27.8 Å². The van der Waals surface area contributed by atoms with Crippen molar-refractivity contribution in [1.29, 1.82) is 0 Å². The van der Waals surface area contributed by atoms with E-state index in [0.717, 1.165) is 6.42 Å². The van der Waals surface area contributed by atoms with Crippen molar-refractivity contribution in [2.45, 2.75) is 34.1 Å². The first-order valence-corrected chi connectivity index (χ1v) is 5.78. The molecule has 0 radical (unpaired) electrons. The molecule has 0 spiro atoms. The van der Waals surface area contributed by atoms with Gasteiger partial charge in [0, 0.05) is 6.54 Å². The number of nitrogens with two attached hydrogens (primary N) is 1. The summed E-state index contributed by atoms with van der Waals surface area (Å²) >= 11 is 0. The third kappa shape index (κ3) is 3.20. The highest BCUT2D eigenvalue weighted by atomic mass is 16.2. The van der Waals surface area contributed by atoms with Crippen LogP contribution in [0.2, 0.25) is 0 Å². The van der Waals surface area contributed by atoms with Gasteiger partial charge in [0.1, 0.15) is 0 Å². The monoisotopic (exact) mass is 235 g/mol. The lowest BCUT2D eigenvalue weighted by molar-refractivity contribution is 0.241. The molecule has 1 aromatic rings. The Morgan fingerprint density at radius 3 is 2.18 bits per heavy atom. The second-order valence-corrected chi connectivity index (χ2v) is 4.39. The zero-order valence-corrected chi connectivity index (χ0v) is 11.0. The highest BCUT2D eigenvalue weighted by Gasteiger charge is 2.08. The lowest BCUT2D eigenvalue weighted by Crippen LogP contribution is -2.40. The number of nitrogens with one attached hydrogen (secondary N) is 2. The van der Waals surface area contributed by atoms with Crippen LogP contribution in [-0.4, -0.2) is 12.6 Å². The van der Waals surface area contributed by atoms with Crippen molar-refractivity contribution >= 4 is 6.03 Å². The second kappa shape index (κ2) is 5.68. The number of carbonyl (C=O) groups is 1. The fourth-order valence-electron chi connectivity index (χ4n) is 2.03. The molecule has 0 heterocycles. The van der Waals surface area contributed by atoms with Crippen LogP contribution in [0, 0.1) is 27.7 Å². The van der Waals surface area contributed by atoms with E-state index < -0.39 is 0 Å². The molecule has 0 aliphatic heterocycles. The predicted octanol–water partition coefficient (Wildman–Crippen LogP) is 1.64. The maximum atomic E-state index is 11.0. The Morgan fingerprint density at radius 2 is 1.71 bits per heavy atom. The Bertz CT molecular complexity index is 401. The number of hydrogen-bond acceptors (Lipinski definition) is 2. The van der Waals surface area contributed by atoms with Crippen LogP contribution in [0.4, 0.5) is 4.79 Å². The normalized spacial score (nSPS) is 10.2. The maximum absolute atomic E-state index is 11.0. The fraction of sp³-hybridized carbons (Fsp3) is 0.462. The van der Waals surface area contributed by atoms with Crippen molar-refractivity contribution in [3.8, 4) is 0 Å². The smallest absolute Gasteiger partial charge is 0.328 e. The molecule has 4 nitrogen and oxygen atoms in total. The standard InChI is InChI=1S/C13H21N3O/c1-8-7-9(2)11(4)12(10(8)3)5-6-15-13(17)16-14/h7H,5-6,14H2,1-4H3,(H2,15,16,17). The van der Waals surface area contributed by atoms with Gasteiger partial charge in [-0.25, -0.2) is 10.6 Å². The zero-order valence-electron chi connectivity index (χ0n) is 11.0. The average molecular weight is 235 g/mol. The maximum Gasteiger partial charge on any atom is 0.328 e. The first kappa shape index (κ1) is 13.5. The molecule has 2 amide bonds.